The maximum absolute atomic E-state index is 13.0. The smallest absolute Gasteiger partial charge is 0.251 e. The third kappa shape index (κ3) is 4.22. The van der Waals surface area contributed by atoms with Crippen LogP contribution < -0.4 is 5.32 Å². The summed E-state index contributed by atoms with van der Waals surface area (Å²) in [5.41, 5.74) is 6.81. The Hall–Kier alpha value is -3.47. The van der Waals surface area contributed by atoms with E-state index in [1.165, 1.54) is 11.1 Å². The van der Waals surface area contributed by atoms with Crippen LogP contribution in [0.3, 0.4) is 0 Å². The van der Waals surface area contributed by atoms with E-state index < -0.39 is 0 Å². The molecule has 0 unspecified atom stereocenters. The zero-order valence-electron chi connectivity index (χ0n) is 18.5. The van der Waals surface area contributed by atoms with Crippen LogP contribution in [0.1, 0.15) is 53.4 Å². The summed E-state index contributed by atoms with van der Waals surface area (Å²) in [4.78, 5) is 22.3. The lowest BCUT2D eigenvalue weighted by Gasteiger charge is -2.17. The van der Waals surface area contributed by atoms with Crippen molar-refractivity contribution in [2.75, 3.05) is 0 Å². The number of benzene rings is 2. The van der Waals surface area contributed by atoms with E-state index in [0.29, 0.717) is 5.56 Å². The van der Waals surface area contributed by atoms with E-state index in [2.05, 4.69) is 53.8 Å². The molecule has 2 aromatic heterocycles. The van der Waals surface area contributed by atoms with Gasteiger partial charge in [0.1, 0.15) is 11.3 Å². The molecular weight excluding hydrogens is 384 g/mol. The summed E-state index contributed by atoms with van der Waals surface area (Å²) in [6, 6.07) is 17.8. The van der Waals surface area contributed by atoms with Gasteiger partial charge in [0, 0.05) is 23.9 Å². The zero-order chi connectivity index (χ0) is 22.0. The van der Waals surface area contributed by atoms with Gasteiger partial charge in [-0.15, -0.1) is 0 Å². The molecule has 0 spiro atoms. The van der Waals surface area contributed by atoms with E-state index >= 15 is 0 Å². The molecule has 5 heteroatoms. The van der Waals surface area contributed by atoms with Crippen molar-refractivity contribution in [3.05, 3.63) is 83.0 Å². The first kappa shape index (κ1) is 20.8. The van der Waals surface area contributed by atoms with Crippen LogP contribution in [-0.2, 0) is 6.54 Å². The lowest BCUT2D eigenvalue weighted by atomic mass is 10.00. The molecule has 1 atom stereocenters. The summed E-state index contributed by atoms with van der Waals surface area (Å²) in [6.45, 7) is 9.14. The molecule has 4 aromatic rings. The summed E-state index contributed by atoms with van der Waals surface area (Å²) in [5.74, 6) is 0.748. The Labute approximate surface area is 183 Å². The lowest BCUT2D eigenvalue weighted by molar-refractivity contribution is 0.0940. The van der Waals surface area contributed by atoms with Crippen molar-refractivity contribution in [1.82, 2.24) is 19.9 Å². The van der Waals surface area contributed by atoms with Crippen molar-refractivity contribution >= 4 is 17.1 Å². The van der Waals surface area contributed by atoms with Crippen molar-refractivity contribution in [2.24, 2.45) is 0 Å². The van der Waals surface area contributed by atoms with Crippen LogP contribution in [0.4, 0.5) is 0 Å². The van der Waals surface area contributed by atoms with Crippen LogP contribution in [0, 0.1) is 13.8 Å². The van der Waals surface area contributed by atoms with Gasteiger partial charge in [-0.2, -0.15) is 0 Å². The third-order valence-electron chi connectivity index (χ3n) is 5.57. The van der Waals surface area contributed by atoms with Gasteiger partial charge in [0.25, 0.3) is 5.91 Å². The minimum absolute atomic E-state index is 0.0781. The minimum Gasteiger partial charge on any atom is -0.346 e. The highest BCUT2D eigenvalue weighted by Crippen LogP contribution is 2.25. The van der Waals surface area contributed by atoms with Crippen molar-refractivity contribution < 1.29 is 4.79 Å². The first-order valence-electron chi connectivity index (χ1n) is 10.8. The maximum Gasteiger partial charge on any atom is 0.251 e. The van der Waals surface area contributed by atoms with Gasteiger partial charge in [-0.3, -0.25) is 4.79 Å². The molecule has 31 heavy (non-hydrogen) atoms. The molecule has 2 aromatic carbocycles. The number of imidazole rings is 1. The predicted molar refractivity (Wildman–Crippen MR) is 125 cm³/mol. The second-order valence-corrected chi connectivity index (χ2v) is 8.07. The normalized spacial score (nSPS) is 12.1. The fourth-order valence-electron chi connectivity index (χ4n) is 4.08. The van der Waals surface area contributed by atoms with Gasteiger partial charge >= 0.3 is 0 Å². The molecule has 1 amide bonds. The Balaban J connectivity index is 1.63. The van der Waals surface area contributed by atoms with E-state index in [1.807, 2.05) is 43.3 Å². The topological polar surface area (TPSA) is 59.8 Å². The highest BCUT2D eigenvalue weighted by atomic mass is 16.1. The molecule has 4 rings (SSSR count). The lowest BCUT2D eigenvalue weighted by Crippen LogP contribution is -2.27. The number of amides is 1. The van der Waals surface area contributed by atoms with Crippen LogP contribution >= 0.6 is 0 Å². The Kier molecular flexibility index (Phi) is 5.85. The van der Waals surface area contributed by atoms with Gasteiger partial charge in [-0.1, -0.05) is 42.8 Å². The molecule has 0 saturated heterocycles. The molecule has 0 aliphatic rings. The highest BCUT2D eigenvalue weighted by molar-refractivity contribution is 5.95. The van der Waals surface area contributed by atoms with Crippen LogP contribution in [0.25, 0.3) is 22.6 Å². The number of carbonyl (C=O) groups excluding carboxylic acids is 1. The van der Waals surface area contributed by atoms with E-state index in [9.17, 15) is 4.79 Å². The summed E-state index contributed by atoms with van der Waals surface area (Å²) in [6.07, 6.45) is 2.76. The van der Waals surface area contributed by atoms with Crippen LogP contribution in [-0.4, -0.2) is 20.4 Å². The van der Waals surface area contributed by atoms with E-state index in [0.717, 1.165) is 41.1 Å². The summed E-state index contributed by atoms with van der Waals surface area (Å²) >= 11 is 0. The van der Waals surface area contributed by atoms with E-state index in [-0.39, 0.29) is 11.9 Å². The molecule has 158 valence electrons. The molecule has 5 nitrogen and oxygen atoms in total. The highest BCUT2D eigenvalue weighted by Gasteiger charge is 2.17. The summed E-state index contributed by atoms with van der Waals surface area (Å²) < 4.78 is 2.13. The number of fused-ring (bicyclic) bond motifs is 1. The number of aromatic nitrogens is 3. The molecule has 0 bridgehead atoms. The number of aryl methyl sites for hydroxylation is 3. The van der Waals surface area contributed by atoms with Gasteiger partial charge < -0.3 is 9.88 Å². The largest absolute Gasteiger partial charge is 0.346 e. The number of nitrogens with one attached hydrogen (secondary N) is 1. The van der Waals surface area contributed by atoms with Gasteiger partial charge in [-0.25, -0.2) is 9.97 Å². The summed E-state index contributed by atoms with van der Waals surface area (Å²) in [7, 11) is 0. The van der Waals surface area contributed by atoms with Crippen molar-refractivity contribution in [3.8, 4) is 11.4 Å². The van der Waals surface area contributed by atoms with Crippen LogP contribution in [0.5, 0.6) is 0 Å². The summed E-state index contributed by atoms with van der Waals surface area (Å²) in [5, 5.41) is 3.14. The number of rotatable bonds is 6. The first-order chi connectivity index (χ1) is 15.0. The maximum atomic E-state index is 13.0. The van der Waals surface area contributed by atoms with E-state index in [1.54, 1.807) is 6.20 Å². The molecule has 0 aliphatic heterocycles. The number of carbonyl (C=O) groups is 1. The number of hydrogen-bond acceptors (Lipinski definition) is 3. The fraction of sp³-hybridized carbons (Fsp3) is 0.269. The monoisotopic (exact) mass is 412 g/mol. The van der Waals surface area contributed by atoms with Crippen LogP contribution in [0.2, 0.25) is 0 Å². The molecule has 0 saturated carbocycles. The molecule has 0 aliphatic carbocycles. The van der Waals surface area contributed by atoms with Crippen molar-refractivity contribution in [3.63, 3.8) is 0 Å². The SMILES string of the molecule is CCCn1c(-c2cccc(C(=O)N[C@H](C)c3ccc(C)cc3C)c2)nc2cccnc21. The standard InChI is InChI=1S/C26H28N4O/c1-5-14-30-24(29-23-10-7-13-27-25(23)30)20-8-6-9-21(16-20)26(31)28-19(4)22-12-11-17(2)15-18(22)3/h6-13,15-16,19H,5,14H2,1-4H3,(H,28,31)/t19-/m1/s1. The molecule has 0 fully saturated rings. The number of hydrogen-bond donors (Lipinski definition) is 1. The molecular formula is C26H28N4O. The van der Waals surface area contributed by atoms with Gasteiger partial charge in [0.2, 0.25) is 0 Å². The van der Waals surface area contributed by atoms with Gasteiger partial charge in [0.05, 0.1) is 6.04 Å². The Bertz CT molecular complexity index is 1240. The van der Waals surface area contributed by atoms with Crippen molar-refractivity contribution in [1.29, 1.82) is 0 Å². The van der Waals surface area contributed by atoms with E-state index in [4.69, 9.17) is 4.98 Å². The third-order valence-corrected chi connectivity index (χ3v) is 5.57. The number of pyridine rings is 1. The Morgan fingerprint density at radius 3 is 2.71 bits per heavy atom. The average Bonchev–Trinajstić information content (AvgIpc) is 3.12. The number of nitrogens with zero attached hydrogens (tertiary/aromatic N) is 3. The predicted octanol–water partition coefficient (Wildman–Crippen LogP) is 5.62. The molecule has 0 radical (unpaired) electrons. The fourth-order valence-corrected chi connectivity index (χ4v) is 4.08. The second kappa shape index (κ2) is 8.72. The first-order valence-corrected chi connectivity index (χ1v) is 10.8. The molecule has 2 heterocycles. The van der Waals surface area contributed by atoms with Crippen LogP contribution in [0.15, 0.2) is 60.8 Å². The Morgan fingerprint density at radius 2 is 1.94 bits per heavy atom. The van der Waals surface area contributed by atoms with Crippen molar-refractivity contribution in [2.45, 2.75) is 46.7 Å². The zero-order valence-corrected chi connectivity index (χ0v) is 18.5. The van der Waals surface area contributed by atoms with Gasteiger partial charge in [-0.05, 0) is 62.6 Å². The Morgan fingerprint density at radius 1 is 1.10 bits per heavy atom. The molecule has 1 N–H and O–H groups in total. The second-order valence-electron chi connectivity index (χ2n) is 8.07. The minimum atomic E-state index is -0.0920. The van der Waals surface area contributed by atoms with Gasteiger partial charge in [0.15, 0.2) is 5.65 Å². The average molecular weight is 413 g/mol. The quantitative estimate of drug-likeness (QED) is 0.447.